The number of rotatable bonds is 2. The number of hydrogen-bond donors (Lipinski definition) is 2. The number of ether oxygens (including phenoxy) is 1. The number of thiophene rings is 1. The highest BCUT2D eigenvalue weighted by atomic mass is 32.2. The van der Waals surface area contributed by atoms with Crippen molar-refractivity contribution >= 4 is 29.0 Å². The number of nitrogens with zero attached hydrogens (tertiary/aromatic N) is 4. The smallest absolute Gasteiger partial charge is 0.249 e. The summed E-state index contributed by atoms with van der Waals surface area (Å²) in [7, 11) is 0. The number of hydrazine groups is 1. The molecular formula is C16H22N6OS2. The van der Waals surface area contributed by atoms with E-state index in [0.717, 1.165) is 24.2 Å². The first-order valence-electron chi connectivity index (χ1n) is 8.61. The van der Waals surface area contributed by atoms with Crippen molar-refractivity contribution in [1.82, 2.24) is 25.5 Å². The van der Waals surface area contributed by atoms with Crippen LogP contribution >= 0.6 is 23.1 Å². The Labute approximate surface area is 155 Å². The Bertz CT molecular complexity index is 842. The van der Waals surface area contributed by atoms with Crippen molar-refractivity contribution in [3.8, 4) is 5.00 Å². The van der Waals surface area contributed by atoms with Crippen LogP contribution in [0.3, 0.4) is 0 Å². The highest BCUT2D eigenvalue weighted by Crippen LogP contribution is 2.48. The van der Waals surface area contributed by atoms with Crippen LogP contribution in [-0.4, -0.2) is 32.3 Å². The Morgan fingerprint density at radius 3 is 3.00 bits per heavy atom. The van der Waals surface area contributed by atoms with Crippen LogP contribution in [0.25, 0.3) is 5.00 Å². The average molecular weight is 379 g/mol. The number of aromatic nitrogens is 3. The number of nitrogens with one attached hydrogen (secondary N) is 2. The van der Waals surface area contributed by atoms with Gasteiger partial charge in [0.25, 0.3) is 0 Å². The summed E-state index contributed by atoms with van der Waals surface area (Å²) in [5.41, 5.74) is 6.07. The standard InChI is InChI=1S/C16H22N6OS2/c1-8(2)24-15-20-19-14-21(15)13-11(12-17-7-18-22(12)14)9-5-16(3,4)23-6-10(9)25-13/h8,12,17-18H,5-7H2,1-4H3. The number of thioether (sulfide) groups is 1. The number of anilines is 1. The lowest BCUT2D eigenvalue weighted by Crippen LogP contribution is -2.40. The van der Waals surface area contributed by atoms with Gasteiger partial charge in [-0.3, -0.25) is 10.3 Å². The molecule has 0 spiro atoms. The molecule has 0 amide bonds. The Morgan fingerprint density at radius 1 is 1.36 bits per heavy atom. The maximum Gasteiger partial charge on any atom is 0.249 e. The molecule has 5 rings (SSSR count). The molecule has 0 saturated carbocycles. The summed E-state index contributed by atoms with van der Waals surface area (Å²) >= 11 is 3.58. The van der Waals surface area contributed by atoms with Crippen molar-refractivity contribution in [3.05, 3.63) is 16.0 Å². The highest BCUT2D eigenvalue weighted by molar-refractivity contribution is 7.99. The van der Waals surface area contributed by atoms with Gasteiger partial charge < -0.3 is 4.74 Å². The predicted molar refractivity (Wildman–Crippen MR) is 99.2 cm³/mol. The van der Waals surface area contributed by atoms with E-state index in [2.05, 4.69) is 58.2 Å². The number of fused-ring (bicyclic) bond motifs is 8. The third kappa shape index (κ3) is 2.37. The fourth-order valence-corrected chi connectivity index (χ4v) is 5.83. The fourth-order valence-electron chi connectivity index (χ4n) is 3.72. The zero-order chi connectivity index (χ0) is 17.3. The van der Waals surface area contributed by atoms with Crippen molar-refractivity contribution in [2.45, 2.75) is 62.9 Å². The molecule has 0 aliphatic carbocycles. The third-order valence-electron chi connectivity index (χ3n) is 4.76. The van der Waals surface area contributed by atoms with Crippen LogP contribution in [0.2, 0.25) is 0 Å². The van der Waals surface area contributed by atoms with Gasteiger partial charge in [0.05, 0.1) is 18.9 Å². The molecule has 1 fully saturated rings. The zero-order valence-corrected chi connectivity index (χ0v) is 16.4. The van der Waals surface area contributed by atoms with Gasteiger partial charge in [0.1, 0.15) is 11.2 Å². The van der Waals surface area contributed by atoms with E-state index in [1.54, 1.807) is 11.8 Å². The molecule has 2 aromatic rings. The van der Waals surface area contributed by atoms with Crippen LogP contribution < -0.4 is 15.8 Å². The molecule has 0 aromatic carbocycles. The SMILES string of the molecule is CC(C)Sc1nnc2n1-c1sc3c(c1C1NCNN21)CC(C)(C)OC3. The van der Waals surface area contributed by atoms with Gasteiger partial charge in [0.2, 0.25) is 5.95 Å². The van der Waals surface area contributed by atoms with E-state index < -0.39 is 0 Å². The van der Waals surface area contributed by atoms with E-state index in [-0.39, 0.29) is 11.8 Å². The Kier molecular flexibility index (Phi) is 3.49. The molecule has 1 unspecified atom stereocenters. The van der Waals surface area contributed by atoms with Gasteiger partial charge in [-0.2, -0.15) is 0 Å². The lowest BCUT2D eigenvalue weighted by molar-refractivity contribution is -0.0385. The quantitative estimate of drug-likeness (QED) is 0.779. The van der Waals surface area contributed by atoms with Crippen molar-refractivity contribution in [2.24, 2.45) is 0 Å². The van der Waals surface area contributed by atoms with E-state index in [9.17, 15) is 0 Å². The van der Waals surface area contributed by atoms with Crippen molar-refractivity contribution in [3.63, 3.8) is 0 Å². The van der Waals surface area contributed by atoms with Crippen LogP contribution in [0.4, 0.5) is 5.95 Å². The maximum absolute atomic E-state index is 6.06. The molecule has 3 aliphatic heterocycles. The van der Waals surface area contributed by atoms with Gasteiger partial charge >= 0.3 is 0 Å². The molecule has 3 aliphatic rings. The van der Waals surface area contributed by atoms with Crippen molar-refractivity contribution in [1.29, 1.82) is 0 Å². The molecule has 2 aromatic heterocycles. The second-order valence-corrected chi connectivity index (χ2v) is 10.2. The van der Waals surface area contributed by atoms with E-state index in [1.807, 2.05) is 11.3 Å². The van der Waals surface area contributed by atoms with Gasteiger partial charge in [-0.25, -0.2) is 9.99 Å². The Hall–Kier alpha value is -1.13. The normalized spacial score (nSPS) is 23.4. The largest absolute Gasteiger partial charge is 0.370 e. The molecule has 0 bridgehead atoms. The van der Waals surface area contributed by atoms with Gasteiger partial charge in [-0.1, -0.05) is 25.6 Å². The fraction of sp³-hybridized carbons (Fsp3) is 0.625. The molecule has 134 valence electrons. The Balaban J connectivity index is 1.72. The first-order valence-corrected chi connectivity index (χ1v) is 10.3. The maximum atomic E-state index is 6.06. The summed E-state index contributed by atoms with van der Waals surface area (Å²) < 4.78 is 8.27. The monoisotopic (exact) mass is 378 g/mol. The molecule has 0 radical (unpaired) electrons. The van der Waals surface area contributed by atoms with Crippen LogP contribution in [0.1, 0.15) is 49.9 Å². The van der Waals surface area contributed by atoms with Crippen LogP contribution in [0, 0.1) is 0 Å². The van der Waals surface area contributed by atoms with Gasteiger partial charge in [0, 0.05) is 22.1 Å². The molecule has 9 heteroatoms. The minimum absolute atomic E-state index is 0.109. The van der Waals surface area contributed by atoms with E-state index in [4.69, 9.17) is 4.74 Å². The highest BCUT2D eigenvalue weighted by Gasteiger charge is 2.43. The lowest BCUT2D eigenvalue weighted by atomic mass is 9.92. The zero-order valence-electron chi connectivity index (χ0n) is 14.8. The minimum Gasteiger partial charge on any atom is -0.370 e. The summed E-state index contributed by atoms with van der Waals surface area (Å²) in [6, 6.07) is 0. The second-order valence-electron chi connectivity index (χ2n) is 7.54. The summed E-state index contributed by atoms with van der Waals surface area (Å²) in [4.78, 5) is 1.33. The topological polar surface area (TPSA) is 67.2 Å². The average Bonchev–Trinajstić information content (AvgIpc) is 3.21. The lowest BCUT2D eigenvalue weighted by Gasteiger charge is -2.34. The Morgan fingerprint density at radius 2 is 2.20 bits per heavy atom. The minimum atomic E-state index is -0.123. The predicted octanol–water partition coefficient (Wildman–Crippen LogP) is 2.56. The van der Waals surface area contributed by atoms with Gasteiger partial charge in [0.15, 0.2) is 5.16 Å². The van der Waals surface area contributed by atoms with E-state index in [1.165, 1.54) is 21.0 Å². The van der Waals surface area contributed by atoms with Crippen molar-refractivity contribution in [2.75, 3.05) is 11.7 Å². The molecule has 7 nitrogen and oxygen atoms in total. The van der Waals surface area contributed by atoms with Gasteiger partial charge in [-0.05, 0) is 19.4 Å². The van der Waals surface area contributed by atoms with Crippen LogP contribution in [0.15, 0.2) is 5.16 Å². The van der Waals surface area contributed by atoms with Crippen LogP contribution in [-0.2, 0) is 17.8 Å². The molecular weight excluding hydrogens is 356 g/mol. The summed E-state index contributed by atoms with van der Waals surface area (Å²) in [6.07, 6.45) is 1.04. The second kappa shape index (κ2) is 5.43. The summed E-state index contributed by atoms with van der Waals surface area (Å²) in [6.45, 7) is 10.1. The number of hydrogen-bond acceptors (Lipinski definition) is 8. The summed E-state index contributed by atoms with van der Waals surface area (Å²) in [5, 5.41) is 17.3. The molecule has 1 saturated heterocycles. The molecule has 1 atom stereocenters. The molecule has 2 N–H and O–H groups in total. The van der Waals surface area contributed by atoms with Gasteiger partial charge in [-0.15, -0.1) is 21.5 Å². The molecule has 25 heavy (non-hydrogen) atoms. The van der Waals surface area contributed by atoms with Crippen molar-refractivity contribution < 1.29 is 4.74 Å². The van der Waals surface area contributed by atoms with E-state index in [0.29, 0.717) is 11.9 Å². The van der Waals surface area contributed by atoms with Crippen LogP contribution in [0.5, 0.6) is 0 Å². The van der Waals surface area contributed by atoms with E-state index >= 15 is 0 Å². The molecule has 5 heterocycles. The first kappa shape index (κ1) is 16.1. The first-order chi connectivity index (χ1) is 11.9. The summed E-state index contributed by atoms with van der Waals surface area (Å²) in [5.74, 6) is 0.865. The third-order valence-corrected chi connectivity index (χ3v) is 6.91.